The average molecular weight is 701 g/mol. The van der Waals surface area contributed by atoms with Crippen LogP contribution in [0.4, 0.5) is 19.3 Å². The number of nitrogens with zero attached hydrogens (tertiary/aromatic N) is 5. The highest BCUT2D eigenvalue weighted by Gasteiger charge is 2.43. The van der Waals surface area contributed by atoms with Crippen molar-refractivity contribution in [2.75, 3.05) is 44.7 Å². The van der Waals surface area contributed by atoms with Crippen molar-refractivity contribution < 1.29 is 37.7 Å². The minimum atomic E-state index is -1.57. The van der Waals surface area contributed by atoms with Crippen LogP contribution in [0, 0.1) is 11.6 Å². The van der Waals surface area contributed by atoms with Gasteiger partial charge in [-0.05, 0) is 38.1 Å². The van der Waals surface area contributed by atoms with Crippen LogP contribution in [0.2, 0.25) is 5.02 Å². The van der Waals surface area contributed by atoms with E-state index in [9.17, 15) is 23.9 Å². The van der Waals surface area contributed by atoms with Gasteiger partial charge in [0.2, 0.25) is 0 Å². The van der Waals surface area contributed by atoms with E-state index < -0.39 is 35.2 Å². The maximum Gasteiger partial charge on any atom is 0.347 e. The van der Waals surface area contributed by atoms with Gasteiger partial charge < -0.3 is 24.8 Å². The predicted octanol–water partition coefficient (Wildman–Crippen LogP) is 4.46. The number of esters is 1. The molecular weight excluding hydrogens is 670 g/mol. The second-order valence-corrected chi connectivity index (χ2v) is 13.2. The largest absolute Gasteiger partial charge is 0.478 e. The Labute approximate surface area is 283 Å². The van der Waals surface area contributed by atoms with Gasteiger partial charge in [-0.1, -0.05) is 17.7 Å². The molecule has 0 unspecified atom stereocenters. The number of carbonyl (C=O) groups excluding carboxylic acids is 2. The Morgan fingerprint density at radius 2 is 1.96 bits per heavy atom. The molecule has 0 spiro atoms. The van der Waals surface area contributed by atoms with Crippen LogP contribution in [0.25, 0.3) is 0 Å². The van der Waals surface area contributed by atoms with Crippen molar-refractivity contribution in [3.8, 4) is 5.75 Å². The SMILES string of the molecule is COC(=O)C1=C(CN2CCN3C(=O)N(c4ccc(OC(C)(C)C(=O)O)cc4F)C[C@@H]3C2)NC(c2nccs2)=N[C@H]1c1ccc(F)cc1Cl. The number of aliphatic imine (C=N–C) groups is 1. The van der Waals surface area contributed by atoms with E-state index in [1.807, 2.05) is 0 Å². The van der Waals surface area contributed by atoms with E-state index in [4.69, 9.17) is 26.1 Å². The summed E-state index contributed by atoms with van der Waals surface area (Å²) in [5, 5.41) is 15.1. The summed E-state index contributed by atoms with van der Waals surface area (Å²) in [6.07, 6.45) is 1.63. The molecule has 2 amide bonds. The van der Waals surface area contributed by atoms with Gasteiger partial charge in [0.1, 0.15) is 17.6 Å². The lowest BCUT2D eigenvalue weighted by Crippen LogP contribution is -2.53. The van der Waals surface area contributed by atoms with Crippen molar-refractivity contribution >= 4 is 52.4 Å². The summed E-state index contributed by atoms with van der Waals surface area (Å²) < 4.78 is 39.9. The van der Waals surface area contributed by atoms with Crippen molar-refractivity contribution in [1.29, 1.82) is 0 Å². The van der Waals surface area contributed by atoms with Crippen LogP contribution in [0.3, 0.4) is 0 Å². The third kappa shape index (κ3) is 6.44. The van der Waals surface area contributed by atoms with Crippen LogP contribution in [-0.4, -0.2) is 95.2 Å². The number of aliphatic carboxylic acids is 1. The molecule has 2 saturated heterocycles. The first kappa shape index (κ1) is 33.3. The van der Waals surface area contributed by atoms with Crippen LogP contribution in [-0.2, 0) is 14.3 Å². The number of thiazole rings is 1. The molecule has 3 aliphatic heterocycles. The van der Waals surface area contributed by atoms with Crippen LogP contribution in [0.15, 0.2) is 64.2 Å². The zero-order valence-electron chi connectivity index (χ0n) is 26.1. The van der Waals surface area contributed by atoms with Gasteiger partial charge in [-0.15, -0.1) is 11.3 Å². The fourth-order valence-corrected chi connectivity index (χ4v) is 6.77. The Bertz CT molecular complexity index is 1840. The third-order valence-electron chi connectivity index (χ3n) is 8.34. The minimum absolute atomic E-state index is 0.0229. The summed E-state index contributed by atoms with van der Waals surface area (Å²) >= 11 is 7.81. The van der Waals surface area contributed by atoms with Crippen molar-refractivity contribution in [2.45, 2.75) is 31.5 Å². The number of fused-ring (bicyclic) bond motifs is 1. The smallest absolute Gasteiger partial charge is 0.347 e. The van der Waals surface area contributed by atoms with Crippen LogP contribution in [0.1, 0.15) is 30.5 Å². The number of ether oxygens (including phenoxy) is 2. The molecule has 0 bridgehead atoms. The lowest BCUT2D eigenvalue weighted by molar-refractivity contribution is -0.152. The molecule has 6 rings (SSSR count). The number of carboxylic acid groups (broad SMARTS) is 1. The molecule has 0 saturated carbocycles. The molecule has 4 heterocycles. The van der Waals surface area contributed by atoms with Gasteiger partial charge in [0.05, 0.1) is 24.4 Å². The Hall–Kier alpha value is -4.60. The molecular formula is C32H31ClF2N6O6S. The first-order valence-electron chi connectivity index (χ1n) is 14.9. The molecule has 2 fully saturated rings. The van der Waals surface area contributed by atoms with E-state index in [2.05, 4.69) is 15.2 Å². The number of piperazine rings is 1. The number of anilines is 1. The minimum Gasteiger partial charge on any atom is -0.478 e. The van der Waals surface area contributed by atoms with Gasteiger partial charge in [0.25, 0.3) is 0 Å². The lowest BCUT2D eigenvalue weighted by atomic mass is 9.95. The number of aromatic nitrogens is 1. The zero-order valence-corrected chi connectivity index (χ0v) is 27.6. The first-order valence-corrected chi connectivity index (χ1v) is 16.2. The van der Waals surface area contributed by atoms with Gasteiger partial charge in [-0.25, -0.2) is 28.1 Å². The molecule has 2 aromatic carbocycles. The van der Waals surface area contributed by atoms with Gasteiger partial charge >= 0.3 is 18.0 Å². The molecule has 0 radical (unpaired) electrons. The number of carbonyl (C=O) groups is 3. The third-order valence-corrected chi connectivity index (χ3v) is 9.45. The molecule has 0 aliphatic carbocycles. The number of hydrogen-bond donors (Lipinski definition) is 2. The molecule has 16 heteroatoms. The van der Waals surface area contributed by atoms with Gasteiger partial charge in [-0.3, -0.25) is 14.8 Å². The highest BCUT2D eigenvalue weighted by molar-refractivity contribution is 7.11. The summed E-state index contributed by atoms with van der Waals surface area (Å²) in [5.41, 5.74) is -0.412. The maximum absolute atomic E-state index is 15.3. The second kappa shape index (κ2) is 13.1. The number of amidine groups is 1. The van der Waals surface area contributed by atoms with Crippen molar-refractivity contribution in [3.05, 3.63) is 86.5 Å². The van der Waals surface area contributed by atoms with E-state index in [0.717, 1.165) is 12.1 Å². The molecule has 3 aromatic rings. The summed E-state index contributed by atoms with van der Waals surface area (Å²) in [6.45, 7) is 4.34. The summed E-state index contributed by atoms with van der Waals surface area (Å²) in [7, 11) is 1.26. The van der Waals surface area contributed by atoms with E-state index in [1.165, 1.54) is 61.5 Å². The van der Waals surface area contributed by atoms with Crippen LogP contribution < -0.4 is 15.0 Å². The molecule has 1 aromatic heterocycles. The summed E-state index contributed by atoms with van der Waals surface area (Å²) in [5.74, 6) is -2.67. The standard InChI is InChI=1S/C32H31ClF2N6O6S/c1-32(2,30(43)44)47-19-5-7-24(22(35)13-19)41-15-18-14-39(9-10-40(18)31(41)45)16-23-25(29(42)46-3)26(20-6-4-17(34)12-21(20)33)38-27(37-23)28-36-8-11-48-28/h4-8,11-13,18,26H,9-10,14-16H2,1-3H3,(H,37,38)(H,43,44)/t18-,26-/m0/s1. The highest BCUT2D eigenvalue weighted by Crippen LogP contribution is 2.37. The van der Waals surface area contributed by atoms with Crippen LogP contribution >= 0.6 is 22.9 Å². The molecule has 2 N–H and O–H groups in total. The number of methoxy groups -OCH3 is 1. The predicted molar refractivity (Wildman–Crippen MR) is 173 cm³/mol. The monoisotopic (exact) mass is 700 g/mol. The average Bonchev–Trinajstić information content (AvgIpc) is 3.69. The molecule has 12 nitrogen and oxygen atoms in total. The first-order chi connectivity index (χ1) is 22.9. The molecule has 252 valence electrons. The number of urea groups is 1. The van der Waals surface area contributed by atoms with E-state index in [1.54, 1.807) is 16.5 Å². The van der Waals surface area contributed by atoms with Gasteiger partial charge in [0, 0.05) is 66.7 Å². The Kier molecular flexibility index (Phi) is 9.11. The lowest BCUT2D eigenvalue weighted by Gasteiger charge is -2.38. The van der Waals surface area contributed by atoms with E-state index in [0.29, 0.717) is 41.7 Å². The number of amides is 2. The van der Waals surface area contributed by atoms with Crippen LogP contribution in [0.5, 0.6) is 5.75 Å². The second-order valence-electron chi connectivity index (χ2n) is 11.9. The maximum atomic E-state index is 15.3. The Morgan fingerprint density at radius 1 is 1.17 bits per heavy atom. The Balaban J connectivity index is 1.25. The van der Waals surface area contributed by atoms with Crippen molar-refractivity contribution in [1.82, 2.24) is 20.1 Å². The van der Waals surface area contributed by atoms with E-state index >= 15 is 4.39 Å². The van der Waals surface area contributed by atoms with Crippen molar-refractivity contribution in [3.63, 3.8) is 0 Å². The number of carboxylic acids is 1. The molecule has 2 atom stereocenters. The summed E-state index contributed by atoms with van der Waals surface area (Å²) in [6, 6.07) is 6.23. The highest BCUT2D eigenvalue weighted by atomic mass is 35.5. The zero-order chi connectivity index (χ0) is 34.3. The number of halogens is 3. The quantitative estimate of drug-likeness (QED) is 0.310. The van der Waals surface area contributed by atoms with Gasteiger partial charge in [-0.2, -0.15) is 0 Å². The fourth-order valence-electron chi connectivity index (χ4n) is 5.92. The van der Waals surface area contributed by atoms with Crippen molar-refractivity contribution in [2.24, 2.45) is 4.99 Å². The molecule has 3 aliphatic rings. The number of nitrogens with one attached hydrogen (secondary N) is 1. The number of rotatable bonds is 9. The van der Waals surface area contributed by atoms with Gasteiger partial charge in [0.15, 0.2) is 22.3 Å². The van der Waals surface area contributed by atoms with E-state index in [-0.39, 0.29) is 47.2 Å². The summed E-state index contributed by atoms with van der Waals surface area (Å²) in [4.78, 5) is 52.4. The normalized spacial score (nSPS) is 20.0. The fraction of sp³-hybridized carbons (Fsp3) is 0.344. The topological polar surface area (TPSA) is 137 Å². The number of benzene rings is 2. The molecule has 48 heavy (non-hydrogen) atoms. The number of hydrogen-bond acceptors (Lipinski definition) is 10. The Morgan fingerprint density at radius 3 is 2.62 bits per heavy atom.